The first-order chi connectivity index (χ1) is 9.64. The Bertz CT molecular complexity index is 498. The van der Waals surface area contributed by atoms with Gasteiger partial charge in [-0.05, 0) is 37.6 Å². The Morgan fingerprint density at radius 3 is 2.52 bits per heavy atom. The lowest BCUT2D eigenvalue weighted by Gasteiger charge is -2.24. The summed E-state index contributed by atoms with van der Waals surface area (Å²) in [6.07, 6.45) is 0. The first kappa shape index (κ1) is 17.9. The second-order valence-corrected chi connectivity index (χ2v) is 8.16. The molecule has 5 heteroatoms. The summed E-state index contributed by atoms with van der Waals surface area (Å²) in [7, 11) is 1.68. The zero-order valence-corrected chi connectivity index (χ0v) is 14.5. The normalized spacial score (nSPS) is 12.9. The molecule has 0 saturated heterocycles. The number of thioether (sulfide) groups is 1. The molecule has 0 fully saturated rings. The number of amides is 2. The highest BCUT2D eigenvalue weighted by Crippen LogP contribution is 2.33. The van der Waals surface area contributed by atoms with Crippen LogP contribution in [-0.2, 0) is 0 Å². The zero-order valence-electron chi connectivity index (χ0n) is 13.7. The van der Waals surface area contributed by atoms with E-state index in [1.807, 2.05) is 19.1 Å². The lowest BCUT2D eigenvalue weighted by molar-refractivity contribution is 0.166. The Balaban J connectivity index is 2.79. The van der Waals surface area contributed by atoms with Gasteiger partial charge in [0.25, 0.3) is 0 Å². The summed E-state index contributed by atoms with van der Waals surface area (Å²) in [5.41, 5.74) is 1.83. The van der Waals surface area contributed by atoms with Crippen LogP contribution in [0.5, 0.6) is 0 Å². The third-order valence-electron chi connectivity index (χ3n) is 3.11. The molecule has 0 aliphatic carbocycles. The van der Waals surface area contributed by atoms with Gasteiger partial charge in [-0.1, -0.05) is 20.8 Å². The van der Waals surface area contributed by atoms with Crippen LogP contribution in [0.25, 0.3) is 0 Å². The molecule has 2 amide bonds. The third-order valence-corrected chi connectivity index (χ3v) is 4.21. The number of carbonyl (C=O) groups excluding carboxylic acids is 1. The predicted molar refractivity (Wildman–Crippen MR) is 90.1 cm³/mol. The number of nitrogens with zero attached hydrogens (tertiary/aromatic N) is 1. The smallest absolute Gasteiger partial charge is 0.321 e. The average Bonchev–Trinajstić information content (AvgIpc) is 2.38. The quantitative estimate of drug-likeness (QED) is 0.833. The number of carbonyl (C=O) groups is 1. The Labute approximate surface area is 131 Å². The van der Waals surface area contributed by atoms with Crippen LogP contribution in [0.3, 0.4) is 0 Å². The molecule has 0 bridgehead atoms. The lowest BCUT2D eigenvalue weighted by Crippen LogP contribution is -2.40. The van der Waals surface area contributed by atoms with E-state index in [0.717, 1.165) is 11.3 Å². The Kier molecular flexibility index (Phi) is 6.10. The number of hydrogen-bond acceptors (Lipinski definition) is 3. The number of urea groups is 1. The van der Waals surface area contributed by atoms with E-state index in [-0.39, 0.29) is 23.4 Å². The van der Waals surface area contributed by atoms with Crippen molar-refractivity contribution in [1.82, 2.24) is 4.90 Å². The van der Waals surface area contributed by atoms with Gasteiger partial charge in [0, 0.05) is 22.4 Å². The summed E-state index contributed by atoms with van der Waals surface area (Å²) in [5, 5.41) is 12.0. The van der Waals surface area contributed by atoms with Crippen LogP contribution in [0.1, 0.15) is 33.3 Å². The van der Waals surface area contributed by atoms with Gasteiger partial charge in [-0.3, -0.25) is 0 Å². The molecule has 0 aliphatic heterocycles. The number of nitrogens with one attached hydrogen (secondary N) is 1. The van der Waals surface area contributed by atoms with Crippen LogP contribution in [0.4, 0.5) is 10.5 Å². The summed E-state index contributed by atoms with van der Waals surface area (Å²) in [5.74, 6) is 0. The first-order valence-electron chi connectivity index (χ1n) is 7.08. The second kappa shape index (κ2) is 7.18. The molecule has 2 N–H and O–H groups in total. The van der Waals surface area contributed by atoms with Crippen LogP contribution in [0, 0.1) is 6.92 Å². The van der Waals surface area contributed by atoms with Gasteiger partial charge in [0.15, 0.2) is 0 Å². The highest BCUT2D eigenvalue weighted by atomic mass is 32.2. The van der Waals surface area contributed by atoms with Gasteiger partial charge in [-0.2, -0.15) is 0 Å². The molecular weight excluding hydrogens is 284 g/mol. The molecule has 1 atom stereocenters. The Morgan fingerprint density at radius 1 is 1.43 bits per heavy atom. The minimum absolute atomic E-state index is 0.0515. The highest BCUT2D eigenvalue weighted by Gasteiger charge is 2.16. The van der Waals surface area contributed by atoms with Gasteiger partial charge in [-0.25, -0.2) is 4.79 Å². The van der Waals surface area contributed by atoms with Crippen molar-refractivity contribution in [2.45, 2.75) is 50.3 Å². The van der Waals surface area contributed by atoms with Crippen LogP contribution < -0.4 is 5.32 Å². The molecule has 0 heterocycles. The molecular formula is C16H26N2O2S. The summed E-state index contributed by atoms with van der Waals surface area (Å²) >= 11 is 1.80. The van der Waals surface area contributed by atoms with E-state index in [1.165, 1.54) is 9.80 Å². The average molecular weight is 310 g/mol. The van der Waals surface area contributed by atoms with Gasteiger partial charge in [0.1, 0.15) is 0 Å². The third kappa shape index (κ3) is 5.59. The van der Waals surface area contributed by atoms with Crippen molar-refractivity contribution in [3.63, 3.8) is 0 Å². The van der Waals surface area contributed by atoms with Crippen LogP contribution in [0.2, 0.25) is 0 Å². The van der Waals surface area contributed by atoms with Gasteiger partial charge < -0.3 is 15.3 Å². The number of aryl methyl sites for hydroxylation is 1. The summed E-state index contributed by atoms with van der Waals surface area (Å²) in [4.78, 5) is 14.8. The number of benzene rings is 1. The van der Waals surface area contributed by atoms with E-state index < -0.39 is 0 Å². The molecule has 0 spiro atoms. The number of anilines is 1. The molecule has 0 radical (unpaired) electrons. The van der Waals surface area contributed by atoms with Crippen molar-refractivity contribution in [3.8, 4) is 0 Å². The SMILES string of the molecule is Cc1cc(SC(C)(C)C)ccc1NC(=O)N(C)C(C)CO. The van der Waals surface area contributed by atoms with E-state index >= 15 is 0 Å². The number of hydrogen-bond donors (Lipinski definition) is 2. The van der Waals surface area contributed by atoms with Crippen LogP contribution in [0.15, 0.2) is 23.1 Å². The van der Waals surface area contributed by atoms with E-state index in [0.29, 0.717) is 0 Å². The van der Waals surface area contributed by atoms with Gasteiger partial charge in [0.05, 0.1) is 12.6 Å². The maximum Gasteiger partial charge on any atom is 0.321 e. The fraction of sp³-hybridized carbons (Fsp3) is 0.562. The number of aliphatic hydroxyl groups is 1. The van der Waals surface area contributed by atoms with Crippen LogP contribution >= 0.6 is 11.8 Å². The van der Waals surface area contributed by atoms with Crippen molar-refractivity contribution in [1.29, 1.82) is 0 Å². The molecule has 0 aromatic heterocycles. The molecule has 4 nitrogen and oxygen atoms in total. The minimum Gasteiger partial charge on any atom is -0.394 e. The minimum atomic E-state index is -0.212. The fourth-order valence-corrected chi connectivity index (χ4v) is 2.80. The fourth-order valence-electron chi connectivity index (χ4n) is 1.72. The molecule has 1 aromatic rings. The van der Waals surface area contributed by atoms with E-state index in [4.69, 9.17) is 5.11 Å². The van der Waals surface area contributed by atoms with Gasteiger partial charge in [0.2, 0.25) is 0 Å². The molecule has 1 unspecified atom stereocenters. The van der Waals surface area contributed by atoms with E-state index in [2.05, 4.69) is 32.2 Å². The number of rotatable bonds is 4. The van der Waals surface area contributed by atoms with E-state index in [1.54, 1.807) is 25.7 Å². The van der Waals surface area contributed by atoms with E-state index in [9.17, 15) is 4.79 Å². The molecule has 118 valence electrons. The largest absolute Gasteiger partial charge is 0.394 e. The molecule has 1 aromatic carbocycles. The van der Waals surface area contributed by atoms with Gasteiger partial charge in [-0.15, -0.1) is 11.8 Å². The first-order valence-corrected chi connectivity index (χ1v) is 7.90. The number of aliphatic hydroxyl groups excluding tert-OH is 1. The number of likely N-dealkylation sites (N-methyl/N-ethyl adjacent to an activating group) is 1. The maximum atomic E-state index is 12.1. The van der Waals surface area contributed by atoms with Crippen LogP contribution in [-0.4, -0.2) is 40.5 Å². The van der Waals surface area contributed by atoms with Crippen molar-refractivity contribution in [3.05, 3.63) is 23.8 Å². The van der Waals surface area contributed by atoms with Crippen molar-refractivity contribution in [2.75, 3.05) is 19.0 Å². The highest BCUT2D eigenvalue weighted by molar-refractivity contribution is 8.00. The predicted octanol–water partition coefficient (Wildman–Crippen LogP) is 3.73. The molecule has 0 aliphatic rings. The second-order valence-electron chi connectivity index (χ2n) is 6.26. The lowest BCUT2D eigenvalue weighted by atomic mass is 10.2. The zero-order chi connectivity index (χ0) is 16.2. The topological polar surface area (TPSA) is 52.6 Å². The van der Waals surface area contributed by atoms with Crippen molar-refractivity contribution < 1.29 is 9.90 Å². The Hall–Kier alpha value is -1.20. The summed E-state index contributed by atoms with van der Waals surface area (Å²) in [6, 6.07) is 5.62. The Morgan fingerprint density at radius 2 is 2.05 bits per heavy atom. The molecule has 21 heavy (non-hydrogen) atoms. The summed E-state index contributed by atoms with van der Waals surface area (Å²) < 4.78 is 0.161. The standard InChI is InChI=1S/C16H26N2O2S/c1-11-9-13(21-16(3,4)5)7-8-14(11)17-15(20)18(6)12(2)10-19/h7-9,12,19H,10H2,1-6H3,(H,17,20). The summed E-state index contributed by atoms with van der Waals surface area (Å²) in [6.45, 7) is 10.3. The van der Waals surface area contributed by atoms with Crippen molar-refractivity contribution >= 4 is 23.5 Å². The molecule has 1 rings (SSSR count). The van der Waals surface area contributed by atoms with Crippen molar-refractivity contribution in [2.24, 2.45) is 0 Å². The molecule has 0 saturated carbocycles. The maximum absolute atomic E-state index is 12.1. The van der Waals surface area contributed by atoms with Gasteiger partial charge >= 0.3 is 6.03 Å². The monoisotopic (exact) mass is 310 g/mol.